The predicted molar refractivity (Wildman–Crippen MR) is 88.9 cm³/mol. The van der Waals surface area contributed by atoms with Gasteiger partial charge in [-0.25, -0.2) is 12.8 Å². The molecule has 0 spiro atoms. The molecule has 112 valence electrons. The fraction of sp³-hybridized carbons (Fsp3) is 0. The molecule has 0 aliphatic carbocycles. The zero-order valence-electron chi connectivity index (χ0n) is 11.3. The van der Waals surface area contributed by atoms with Crippen LogP contribution in [0.4, 0.5) is 10.1 Å². The summed E-state index contributed by atoms with van der Waals surface area (Å²) < 4.78 is 41.4. The van der Waals surface area contributed by atoms with Crippen LogP contribution in [0.5, 0.6) is 0 Å². The second-order valence-electron chi connectivity index (χ2n) is 4.74. The van der Waals surface area contributed by atoms with Crippen molar-refractivity contribution in [1.29, 1.82) is 0 Å². The third-order valence-electron chi connectivity index (χ3n) is 3.21. The van der Waals surface area contributed by atoms with E-state index in [2.05, 4.69) is 20.7 Å². The second kappa shape index (κ2) is 5.70. The Hall–Kier alpha value is -1.92. The second-order valence-corrected chi connectivity index (χ2v) is 7.34. The van der Waals surface area contributed by atoms with Crippen LogP contribution >= 0.6 is 15.9 Å². The fourth-order valence-corrected chi connectivity index (χ4v) is 3.55. The van der Waals surface area contributed by atoms with Gasteiger partial charge in [0.15, 0.2) is 0 Å². The summed E-state index contributed by atoms with van der Waals surface area (Å²) in [4.78, 5) is 0.0912. The molecule has 0 saturated heterocycles. The van der Waals surface area contributed by atoms with Gasteiger partial charge in [-0.2, -0.15) is 0 Å². The van der Waals surface area contributed by atoms with Crippen LogP contribution in [-0.4, -0.2) is 8.42 Å². The van der Waals surface area contributed by atoms with Gasteiger partial charge in [-0.1, -0.05) is 46.3 Å². The average molecular weight is 380 g/mol. The van der Waals surface area contributed by atoms with Gasteiger partial charge in [0.25, 0.3) is 10.0 Å². The maximum atomic E-state index is 13.8. The van der Waals surface area contributed by atoms with Gasteiger partial charge in [0.2, 0.25) is 0 Å². The van der Waals surface area contributed by atoms with E-state index in [0.29, 0.717) is 4.47 Å². The molecule has 0 aliphatic rings. The molecule has 3 aromatic rings. The first-order chi connectivity index (χ1) is 10.5. The van der Waals surface area contributed by atoms with Gasteiger partial charge in [-0.3, -0.25) is 4.72 Å². The molecule has 0 aliphatic heterocycles. The zero-order chi connectivity index (χ0) is 15.7. The number of fused-ring (bicyclic) bond motifs is 1. The number of sulfonamides is 1. The minimum Gasteiger partial charge on any atom is -0.277 e. The highest BCUT2D eigenvalue weighted by Gasteiger charge is 2.16. The molecule has 0 saturated carbocycles. The molecule has 3 nitrogen and oxygen atoms in total. The van der Waals surface area contributed by atoms with E-state index in [1.807, 2.05) is 24.3 Å². The third-order valence-corrected chi connectivity index (χ3v) is 5.06. The average Bonchev–Trinajstić information content (AvgIpc) is 2.49. The highest BCUT2D eigenvalue weighted by molar-refractivity contribution is 9.10. The topological polar surface area (TPSA) is 46.2 Å². The lowest BCUT2D eigenvalue weighted by molar-refractivity contribution is 0.598. The van der Waals surface area contributed by atoms with E-state index in [1.54, 1.807) is 18.2 Å². The first-order valence-electron chi connectivity index (χ1n) is 6.42. The Labute approximate surface area is 136 Å². The number of nitrogens with one attached hydrogen (secondary N) is 1. The molecule has 0 amide bonds. The summed E-state index contributed by atoms with van der Waals surface area (Å²) in [5.74, 6) is -0.640. The van der Waals surface area contributed by atoms with Crippen LogP contribution in [0.15, 0.2) is 70.0 Å². The smallest absolute Gasteiger partial charge is 0.262 e. The fourth-order valence-electron chi connectivity index (χ4n) is 2.11. The summed E-state index contributed by atoms with van der Waals surface area (Å²) in [6, 6.07) is 16.4. The van der Waals surface area contributed by atoms with Crippen LogP contribution in [0.2, 0.25) is 0 Å². The van der Waals surface area contributed by atoms with Crippen molar-refractivity contribution >= 4 is 42.4 Å². The lowest BCUT2D eigenvalue weighted by atomic mass is 10.1. The molecule has 0 radical (unpaired) electrons. The van der Waals surface area contributed by atoms with Gasteiger partial charge in [-0.15, -0.1) is 0 Å². The number of anilines is 1. The molecule has 0 aromatic heterocycles. The van der Waals surface area contributed by atoms with E-state index >= 15 is 0 Å². The summed E-state index contributed by atoms with van der Waals surface area (Å²) >= 11 is 3.13. The normalized spacial score (nSPS) is 11.5. The van der Waals surface area contributed by atoms with Crippen molar-refractivity contribution in [3.63, 3.8) is 0 Å². The van der Waals surface area contributed by atoms with Gasteiger partial charge < -0.3 is 0 Å². The number of rotatable bonds is 3. The number of halogens is 2. The number of benzene rings is 3. The van der Waals surface area contributed by atoms with Crippen LogP contribution in [0.3, 0.4) is 0 Å². The molecule has 0 atom stereocenters. The van der Waals surface area contributed by atoms with E-state index in [9.17, 15) is 12.8 Å². The first-order valence-corrected chi connectivity index (χ1v) is 8.70. The van der Waals surface area contributed by atoms with Gasteiger partial charge in [0, 0.05) is 4.47 Å². The minimum absolute atomic E-state index is 0.0867. The van der Waals surface area contributed by atoms with E-state index < -0.39 is 15.8 Å². The standard InChI is InChI=1S/C16H11BrFNO2S/c17-13-6-8-16(15(18)10-13)19-22(20,21)14-7-5-11-3-1-2-4-12(11)9-14/h1-10,19H. The summed E-state index contributed by atoms with van der Waals surface area (Å²) in [6.45, 7) is 0. The van der Waals surface area contributed by atoms with E-state index in [-0.39, 0.29) is 10.6 Å². The minimum atomic E-state index is -3.85. The SMILES string of the molecule is O=S(=O)(Nc1ccc(Br)cc1F)c1ccc2ccccc2c1. The highest BCUT2D eigenvalue weighted by Crippen LogP contribution is 2.24. The van der Waals surface area contributed by atoms with Crippen LogP contribution in [0.25, 0.3) is 10.8 Å². The molecular weight excluding hydrogens is 369 g/mol. The van der Waals surface area contributed by atoms with Gasteiger partial charge in [-0.05, 0) is 41.1 Å². The Morgan fingerprint density at radius 2 is 1.64 bits per heavy atom. The van der Waals surface area contributed by atoms with Crippen LogP contribution in [0, 0.1) is 5.82 Å². The number of hydrogen-bond donors (Lipinski definition) is 1. The first kappa shape index (κ1) is 15.0. The Kier molecular flexibility index (Phi) is 3.88. The highest BCUT2D eigenvalue weighted by atomic mass is 79.9. The summed E-state index contributed by atoms with van der Waals surface area (Å²) in [5, 5.41) is 1.75. The molecule has 0 unspecified atom stereocenters. The summed E-state index contributed by atoms with van der Waals surface area (Å²) in [7, 11) is -3.85. The van der Waals surface area contributed by atoms with Gasteiger partial charge in [0.1, 0.15) is 5.82 Å². The monoisotopic (exact) mass is 379 g/mol. The van der Waals surface area contributed by atoms with Crippen molar-refractivity contribution in [2.24, 2.45) is 0 Å². The Morgan fingerprint density at radius 3 is 2.36 bits per heavy atom. The van der Waals surface area contributed by atoms with Gasteiger partial charge in [0.05, 0.1) is 10.6 Å². The summed E-state index contributed by atoms with van der Waals surface area (Å²) in [6.07, 6.45) is 0. The largest absolute Gasteiger partial charge is 0.277 e. The van der Waals surface area contributed by atoms with Gasteiger partial charge >= 0.3 is 0 Å². The van der Waals surface area contributed by atoms with Crippen molar-refractivity contribution in [3.05, 3.63) is 71.0 Å². The molecule has 3 rings (SSSR count). The van der Waals surface area contributed by atoms with Crippen molar-refractivity contribution < 1.29 is 12.8 Å². The molecule has 1 N–H and O–H groups in total. The van der Waals surface area contributed by atoms with Crippen molar-refractivity contribution in [3.8, 4) is 0 Å². The lowest BCUT2D eigenvalue weighted by Crippen LogP contribution is -2.13. The molecule has 0 heterocycles. The van der Waals surface area contributed by atoms with Crippen LogP contribution in [-0.2, 0) is 10.0 Å². The van der Waals surface area contributed by atoms with Crippen LogP contribution < -0.4 is 4.72 Å². The maximum absolute atomic E-state index is 13.8. The van der Waals surface area contributed by atoms with E-state index in [1.165, 1.54) is 18.2 Å². The maximum Gasteiger partial charge on any atom is 0.262 e. The third kappa shape index (κ3) is 2.98. The van der Waals surface area contributed by atoms with E-state index in [0.717, 1.165) is 10.8 Å². The summed E-state index contributed by atoms with van der Waals surface area (Å²) in [5.41, 5.74) is -0.0867. The van der Waals surface area contributed by atoms with E-state index in [4.69, 9.17) is 0 Å². The quantitative estimate of drug-likeness (QED) is 0.725. The molecular formula is C16H11BrFNO2S. The Morgan fingerprint density at radius 1 is 0.909 bits per heavy atom. The molecule has 22 heavy (non-hydrogen) atoms. The molecule has 6 heteroatoms. The number of hydrogen-bond acceptors (Lipinski definition) is 2. The molecule has 0 fully saturated rings. The lowest BCUT2D eigenvalue weighted by Gasteiger charge is -2.10. The Bertz CT molecular complexity index is 957. The van der Waals surface area contributed by atoms with Crippen molar-refractivity contribution in [2.75, 3.05) is 4.72 Å². The Balaban J connectivity index is 2.00. The van der Waals surface area contributed by atoms with Crippen molar-refractivity contribution in [2.45, 2.75) is 4.90 Å². The molecule has 3 aromatic carbocycles. The van der Waals surface area contributed by atoms with Crippen LogP contribution in [0.1, 0.15) is 0 Å². The van der Waals surface area contributed by atoms with Crippen molar-refractivity contribution in [1.82, 2.24) is 0 Å². The molecule has 0 bridgehead atoms. The predicted octanol–water partition coefficient (Wildman–Crippen LogP) is 4.54. The zero-order valence-corrected chi connectivity index (χ0v) is 13.7.